The van der Waals surface area contributed by atoms with Crippen molar-refractivity contribution in [1.29, 1.82) is 0 Å². The molecule has 0 aliphatic heterocycles. The van der Waals surface area contributed by atoms with Crippen molar-refractivity contribution < 1.29 is 4.79 Å². The van der Waals surface area contributed by atoms with Crippen LogP contribution in [-0.2, 0) is 4.79 Å². The first kappa shape index (κ1) is 14.2. The molecule has 3 nitrogen and oxygen atoms in total. The summed E-state index contributed by atoms with van der Waals surface area (Å²) < 4.78 is 0.994. The molecular weight excluding hydrogens is 280 g/mol. The maximum atomic E-state index is 11.7. The third kappa shape index (κ3) is 4.88. The number of carbonyl (C=O) groups is 1. The monoisotopic (exact) mass is 298 g/mol. The zero-order chi connectivity index (χ0) is 12.8. The Morgan fingerprint density at radius 1 is 1.53 bits per heavy atom. The zero-order valence-corrected chi connectivity index (χ0v) is 11.9. The van der Waals surface area contributed by atoms with Crippen LogP contribution >= 0.6 is 15.9 Å². The lowest BCUT2D eigenvalue weighted by molar-refractivity contribution is -0.116. The molecule has 0 heterocycles. The summed E-state index contributed by atoms with van der Waals surface area (Å²) in [7, 11) is 0. The molecule has 0 aliphatic rings. The molecule has 4 heteroatoms. The summed E-state index contributed by atoms with van der Waals surface area (Å²) in [4.78, 5) is 11.7. The number of anilines is 1. The fraction of sp³-hybridized carbons (Fsp3) is 0.462. The highest BCUT2D eigenvalue weighted by Gasteiger charge is 2.09. The summed E-state index contributed by atoms with van der Waals surface area (Å²) in [5.74, 6) is -0.0262. The fourth-order valence-electron chi connectivity index (χ4n) is 1.59. The third-order valence-corrected chi connectivity index (χ3v) is 3.42. The summed E-state index contributed by atoms with van der Waals surface area (Å²) in [5, 5.41) is 2.85. The lowest BCUT2D eigenvalue weighted by Crippen LogP contribution is -2.26. The number of carbonyl (C=O) groups excluding carboxylic acids is 1. The van der Waals surface area contributed by atoms with Gasteiger partial charge in [-0.2, -0.15) is 0 Å². The Morgan fingerprint density at radius 2 is 2.24 bits per heavy atom. The number of halogens is 1. The van der Waals surface area contributed by atoms with Crippen LogP contribution < -0.4 is 11.1 Å². The summed E-state index contributed by atoms with van der Waals surface area (Å²) in [6.07, 6.45) is 2.26. The van der Waals surface area contributed by atoms with Gasteiger partial charge in [-0.05, 0) is 31.0 Å². The molecule has 1 aromatic carbocycles. The van der Waals surface area contributed by atoms with Crippen molar-refractivity contribution in [3.63, 3.8) is 0 Å². The maximum Gasteiger partial charge on any atom is 0.225 e. The minimum absolute atomic E-state index is 0.0262. The lowest BCUT2D eigenvalue weighted by Gasteiger charge is -2.11. The van der Waals surface area contributed by atoms with Crippen molar-refractivity contribution >= 4 is 27.5 Å². The standard InChI is InChI=1S/C13H19BrN2O/c1-3-4-10(15)7-13(17)16-11-6-5-9(2)12(14)8-11/h5-6,8,10H,3-4,7,15H2,1-2H3,(H,16,17). The first-order valence-electron chi connectivity index (χ1n) is 5.84. The predicted molar refractivity (Wildman–Crippen MR) is 75.0 cm³/mol. The molecule has 0 spiro atoms. The van der Waals surface area contributed by atoms with Gasteiger partial charge in [0.1, 0.15) is 0 Å². The number of nitrogens with one attached hydrogen (secondary N) is 1. The van der Waals surface area contributed by atoms with E-state index in [4.69, 9.17) is 5.73 Å². The Kier molecular flexibility index (Phi) is 5.65. The molecule has 1 aromatic rings. The molecular formula is C13H19BrN2O. The number of rotatable bonds is 5. The van der Waals surface area contributed by atoms with Crippen molar-refractivity contribution in [3.05, 3.63) is 28.2 Å². The van der Waals surface area contributed by atoms with E-state index in [1.807, 2.05) is 25.1 Å². The Morgan fingerprint density at radius 3 is 2.82 bits per heavy atom. The Balaban J connectivity index is 2.53. The van der Waals surface area contributed by atoms with Gasteiger partial charge in [0.25, 0.3) is 0 Å². The average molecular weight is 299 g/mol. The molecule has 0 radical (unpaired) electrons. The topological polar surface area (TPSA) is 55.1 Å². The molecule has 0 fully saturated rings. The van der Waals surface area contributed by atoms with Crippen molar-refractivity contribution in [2.24, 2.45) is 5.73 Å². The van der Waals surface area contributed by atoms with Crippen molar-refractivity contribution in [3.8, 4) is 0 Å². The fourth-order valence-corrected chi connectivity index (χ4v) is 1.97. The Hall–Kier alpha value is -0.870. The van der Waals surface area contributed by atoms with Crippen molar-refractivity contribution in [2.75, 3.05) is 5.32 Å². The van der Waals surface area contributed by atoms with E-state index in [1.54, 1.807) is 0 Å². The van der Waals surface area contributed by atoms with Gasteiger partial charge in [0, 0.05) is 22.6 Å². The van der Waals surface area contributed by atoms with E-state index in [0.29, 0.717) is 6.42 Å². The largest absolute Gasteiger partial charge is 0.327 e. The molecule has 1 rings (SSSR count). The molecule has 0 bridgehead atoms. The Labute approximate surface area is 111 Å². The molecule has 0 saturated heterocycles. The van der Waals surface area contributed by atoms with Crippen LogP contribution in [0.25, 0.3) is 0 Å². The van der Waals surface area contributed by atoms with Gasteiger partial charge in [-0.1, -0.05) is 35.3 Å². The van der Waals surface area contributed by atoms with Crippen molar-refractivity contribution in [1.82, 2.24) is 0 Å². The molecule has 0 aromatic heterocycles. The van der Waals surface area contributed by atoms with E-state index in [-0.39, 0.29) is 11.9 Å². The highest BCUT2D eigenvalue weighted by Crippen LogP contribution is 2.20. The quantitative estimate of drug-likeness (QED) is 0.877. The van der Waals surface area contributed by atoms with Gasteiger partial charge in [-0.15, -0.1) is 0 Å². The molecule has 17 heavy (non-hydrogen) atoms. The Bertz CT molecular complexity index is 393. The van der Waals surface area contributed by atoms with E-state index in [0.717, 1.165) is 28.6 Å². The molecule has 1 amide bonds. The molecule has 0 saturated carbocycles. The summed E-state index contributed by atoms with van der Waals surface area (Å²) in [6, 6.07) is 5.71. The second kappa shape index (κ2) is 6.77. The van der Waals surface area contributed by atoms with E-state index in [1.165, 1.54) is 0 Å². The van der Waals surface area contributed by atoms with Gasteiger partial charge in [0.05, 0.1) is 0 Å². The van der Waals surface area contributed by atoms with Crippen LogP contribution in [0.2, 0.25) is 0 Å². The smallest absolute Gasteiger partial charge is 0.225 e. The predicted octanol–water partition coefficient (Wildman–Crippen LogP) is 3.21. The van der Waals surface area contributed by atoms with Gasteiger partial charge < -0.3 is 11.1 Å². The highest BCUT2D eigenvalue weighted by atomic mass is 79.9. The van der Waals surface area contributed by atoms with E-state index in [9.17, 15) is 4.79 Å². The minimum Gasteiger partial charge on any atom is -0.327 e. The summed E-state index contributed by atoms with van der Waals surface area (Å²) >= 11 is 3.44. The van der Waals surface area contributed by atoms with Gasteiger partial charge in [-0.25, -0.2) is 0 Å². The van der Waals surface area contributed by atoms with E-state index >= 15 is 0 Å². The lowest BCUT2D eigenvalue weighted by atomic mass is 10.1. The van der Waals surface area contributed by atoms with Crippen LogP contribution in [0.1, 0.15) is 31.7 Å². The van der Waals surface area contributed by atoms with Crippen LogP contribution in [0.5, 0.6) is 0 Å². The van der Waals surface area contributed by atoms with Gasteiger partial charge in [-0.3, -0.25) is 4.79 Å². The third-order valence-electron chi connectivity index (χ3n) is 2.56. The van der Waals surface area contributed by atoms with Crippen LogP contribution in [0, 0.1) is 6.92 Å². The van der Waals surface area contributed by atoms with E-state index < -0.39 is 0 Å². The van der Waals surface area contributed by atoms with Crippen LogP contribution in [-0.4, -0.2) is 11.9 Å². The van der Waals surface area contributed by atoms with Crippen molar-refractivity contribution in [2.45, 2.75) is 39.2 Å². The number of aryl methyl sites for hydroxylation is 1. The van der Waals surface area contributed by atoms with Crippen LogP contribution in [0.15, 0.2) is 22.7 Å². The average Bonchev–Trinajstić information content (AvgIpc) is 2.23. The van der Waals surface area contributed by atoms with Crippen LogP contribution in [0.3, 0.4) is 0 Å². The van der Waals surface area contributed by atoms with Gasteiger partial charge >= 0.3 is 0 Å². The molecule has 3 N–H and O–H groups in total. The first-order valence-corrected chi connectivity index (χ1v) is 6.63. The number of amides is 1. The second-order valence-corrected chi connectivity index (χ2v) is 5.12. The van der Waals surface area contributed by atoms with E-state index in [2.05, 4.69) is 28.2 Å². The number of hydrogen-bond acceptors (Lipinski definition) is 2. The summed E-state index contributed by atoms with van der Waals surface area (Å²) in [6.45, 7) is 4.07. The minimum atomic E-state index is -0.0473. The number of nitrogens with two attached hydrogens (primary N) is 1. The zero-order valence-electron chi connectivity index (χ0n) is 10.3. The number of hydrogen-bond donors (Lipinski definition) is 2. The maximum absolute atomic E-state index is 11.7. The first-order chi connectivity index (χ1) is 8.02. The second-order valence-electron chi connectivity index (χ2n) is 4.27. The molecule has 1 unspecified atom stereocenters. The van der Waals surface area contributed by atoms with Crippen LogP contribution in [0.4, 0.5) is 5.69 Å². The van der Waals surface area contributed by atoms with Gasteiger partial charge in [0.15, 0.2) is 0 Å². The normalized spacial score (nSPS) is 12.2. The molecule has 1 atom stereocenters. The summed E-state index contributed by atoms with van der Waals surface area (Å²) in [5.41, 5.74) is 7.77. The molecule has 94 valence electrons. The van der Waals surface area contributed by atoms with Gasteiger partial charge in [0.2, 0.25) is 5.91 Å². The SMILES string of the molecule is CCCC(N)CC(=O)Nc1ccc(C)c(Br)c1. The number of benzene rings is 1. The highest BCUT2D eigenvalue weighted by molar-refractivity contribution is 9.10. The molecule has 0 aliphatic carbocycles.